The van der Waals surface area contributed by atoms with Crippen LogP contribution in [-0.2, 0) is 9.53 Å². The molecule has 4 aromatic rings. The third-order valence-corrected chi connectivity index (χ3v) is 7.81. The summed E-state index contributed by atoms with van der Waals surface area (Å²) < 4.78 is 36.2. The standard InChI is InChI=1S/C28H27F2N3O3/c1-15-24-23(12-19-14-31-32-26(15)19)33(20-6-7-21(29)22(30)13-20)27(17-8-10-36-11-9-17)25(24)16-2-4-18(5-3-16)28(34)35/h2,6-7,12-14,17-18H,3-5,8-11H2,1H3,(H,31,32)(H,34,35). The summed E-state index contributed by atoms with van der Waals surface area (Å²) in [6.07, 6.45) is 7.15. The Morgan fingerprint density at radius 1 is 1.17 bits per heavy atom. The Labute approximate surface area is 206 Å². The maximum atomic E-state index is 14.5. The molecule has 1 fully saturated rings. The van der Waals surface area contributed by atoms with E-state index in [0.29, 0.717) is 38.2 Å². The van der Waals surface area contributed by atoms with Crippen LogP contribution in [0.25, 0.3) is 33.1 Å². The number of halogens is 2. The maximum Gasteiger partial charge on any atom is 0.306 e. The van der Waals surface area contributed by atoms with Crippen LogP contribution in [-0.4, -0.2) is 39.1 Å². The number of H-pyrrole nitrogens is 1. The molecule has 0 spiro atoms. The molecule has 6 rings (SSSR count). The molecule has 2 N–H and O–H groups in total. The van der Waals surface area contributed by atoms with Crippen LogP contribution in [0.3, 0.4) is 0 Å². The lowest BCUT2D eigenvalue weighted by atomic mass is 9.82. The lowest BCUT2D eigenvalue weighted by Gasteiger charge is -2.27. The van der Waals surface area contributed by atoms with E-state index in [9.17, 15) is 18.7 Å². The van der Waals surface area contributed by atoms with E-state index in [2.05, 4.69) is 33.8 Å². The average Bonchev–Trinajstić information content (AvgIpc) is 3.50. The van der Waals surface area contributed by atoms with Gasteiger partial charge in [-0.15, -0.1) is 0 Å². The summed E-state index contributed by atoms with van der Waals surface area (Å²) in [4.78, 5) is 11.6. The smallest absolute Gasteiger partial charge is 0.306 e. The number of aliphatic carboxylic acids is 1. The van der Waals surface area contributed by atoms with E-state index < -0.39 is 17.6 Å². The normalized spacial score (nSPS) is 19.2. The van der Waals surface area contributed by atoms with Crippen molar-refractivity contribution in [3.63, 3.8) is 0 Å². The van der Waals surface area contributed by atoms with Crippen LogP contribution in [0.2, 0.25) is 0 Å². The van der Waals surface area contributed by atoms with Gasteiger partial charge in [-0.3, -0.25) is 9.89 Å². The average molecular weight is 492 g/mol. The minimum Gasteiger partial charge on any atom is -0.481 e. The van der Waals surface area contributed by atoms with Crippen molar-refractivity contribution in [3.8, 4) is 5.69 Å². The van der Waals surface area contributed by atoms with Crippen molar-refractivity contribution >= 4 is 33.3 Å². The van der Waals surface area contributed by atoms with Gasteiger partial charge in [-0.05, 0) is 68.4 Å². The summed E-state index contributed by atoms with van der Waals surface area (Å²) in [6, 6.07) is 6.10. The van der Waals surface area contributed by atoms with Gasteiger partial charge in [0, 0.05) is 52.9 Å². The predicted molar refractivity (Wildman–Crippen MR) is 133 cm³/mol. The number of allylic oxidation sites excluding steroid dienone is 2. The Morgan fingerprint density at radius 2 is 1.97 bits per heavy atom. The van der Waals surface area contributed by atoms with Crippen molar-refractivity contribution in [1.82, 2.24) is 14.8 Å². The first kappa shape index (κ1) is 22.9. The maximum absolute atomic E-state index is 14.5. The van der Waals surface area contributed by atoms with Gasteiger partial charge >= 0.3 is 5.97 Å². The first-order valence-electron chi connectivity index (χ1n) is 12.4. The molecule has 1 saturated heterocycles. The largest absolute Gasteiger partial charge is 0.481 e. The zero-order valence-electron chi connectivity index (χ0n) is 20.0. The highest BCUT2D eigenvalue weighted by atomic mass is 19.2. The minimum absolute atomic E-state index is 0.156. The van der Waals surface area contributed by atoms with Crippen LogP contribution in [0.4, 0.5) is 8.78 Å². The number of aromatic nitrogens is 3. The topological polar surface area (TPSA) is 80.1 Å². The van der Waals surface area contributed by atoms with E-state index in [0.717, 1.165) is 57.0 Å². The Balaban J connectivity index is 1.70. The number of carbonyl (C=O) groups is 1. The number of aryl methyl sites for hydroxylation is 1. The second kappa shape index (κ2) is 8.85. The number of carboxylic acids is 1. The fourth-order valence-corrected chi connectivity index (χ4v) is 5.97. The molecule has 1 atom stereocenters. The lowest BCUT2D eigenvalue weighted by molar-refractivity contribution is -0.141. The fourth-order valence-electron chi connectivity index (χ4n) is 5.97. The third-order valence-electron chi connectivity index (χ3n) is 7.81. The predicted octanol–water partition coefficient (Wildman–Crippen LogP) is 6.26. The van der Waals surface area contributed by atoms with Gasteiger partial charge < -0.3 is 14.4 Å². The molecule has 8 heteroatoms. The van der Waals surface area contributed by atoms with Gasteiger partial charge in [0.2, 0.25) is 0 Å². The van der Waals surface area contributed by atoms with Gasteiger partial charge in [-0.2, -0.15) is 5.10 Å². The number of carboxylic acid groups (broad SMARTS) is 1. The van der Waals surface area contributed by atoms with Gasteiger partial charge in [-0.1, -0.05) is 6.08 Å². The first-order chi connectivity index (χ1) is 17.4. The Hall–Kier alpha value is -3.52. The van der Waals surface area contributed by atoms with E-state index >= 15 is 0 Å². The van der Waals surface area contributed by atoms with Crippen molar-refractivity contribution in [1.29, 1.82) is 0 Å². The van der Waals surface area contributed by atoms with Gasteiger partial charge in [0.15, 0.2) is 11.6 Å². The number of hydrogen-bond donors (Lipinski definition) is 2. The second-order valence-corrected chi connectivity index (χ2v) is 9.85. The molecule has 3 heterocycles. The highest BCUT2D eigenvalue weighted by Gasteiger charge is 2.32. The van der Waals surface area contributed by atoms with Gasteiger partial charge in [-0.25, -0.2) is 8.78 Å². The highest BCUT2D eigenvalue weighted by Crippen LogP contribution is 2.46. The number of aromatic amines is 1. The molecule has 0 bridgehead atoms. The van der Waals surface area contributed by atoms with Crippen molar-refractivity contribution in [3.05, 3.63) is 65.0 Å². The Bertz CT molecular complexity index is 1530. The molecule has 1 unspecified atom stereocenters. The molecule has 0 amide bonds. The van der Waals surface area contributed by atoms with Gasteiger partial charge in [0.1, 0.15) is 0 Å². The molecule has 186 valence electrons. The molecule has 2 aromatic carbocycles. The number of ether oxygens (including phenoxy) is 1. The Kier molecular flexibility index (Phi) is 5.63. The van der Waals surface area contributed by atoms with Crippen LogP contribution >= 0.6 is 0 Å². The van der Waals surface area contributed by atoms with Crippen LogP contribution in [0, 0.1) is 24.5 Å². The van der Waals surface area contributed by atoms with Crippen molar-refractivity contribution in [2.24, 2.45) is 5.92 Å². The van der Waals surface area contributed by atoms with Gasteiger partial charge in [0.25, 0.3) is 0 Å². The Morgan fingerprint density at radius 3 is 2.67 bits per heavy atom. The summed E-state index contributed by atoms with van der Waals surface area (Å²) in [5.74, 6) is -2.78. The van der Waals surface area contributed by atoms with Crippen molar-refractivity contribution in [2.45, 2.75) is 44.9 Å². The zero-order valence-corrected chi connectivity index (χ0v) is 20.0. The molecule has 36 heavy (non-hydrogen) atoms. The summed E-state index contributed by atoms with van der Waals surface area (Å²) in [5.41, 5.74) is 6.69. The summed E-state index contributed by atoms with van der Waals surface area (Å²) in [6.45, 7) is 3.32. The molecule has 2 aromatic heterocycles. The van der Waals surface area contributed by atoms with Crippen molar-refractivity contribution < 1.29 is 23.4 Å². The first-order valence-corrected chi connectivity index (χ1v) is 12.4. The molecule has 0 radical (unpaired) electrons. The van der Waals surface area contributed by atoms with Crippen LogP contribution in [0.1, 0.15) is 54.8 Å². The van der Waals surface area contributed by atoms with E-state index in [1.165, 1.54) is 12.1 Å². The lowest BCUT2D eigenvalue weighted by Crippen LogP contribution is -2.19. The SMILES string of the molecule is Cc1c2[nH]ncc2cc2c1c(C1=CCC(C(=O)O)CC1)c(C1CCOCC1)n2-c1ccc(F)c(F)c1. The number of nitrogens with one attached hydrogen (secondary N) is 1. The number of fused-ring (bicyclic) bond motifs is 2. The summed E-state index contributed by atoms with van der Waals surface area (Å²) in [7, 11) is 0. The fraction of sp³-hybridized carbons (Fsp3) is 0.357. The number of nitrogens with zero attached hydrogens (tertiary/aromatic N) is 2. The third kappa shape index (κ3) is 3.63. The monoisotopic (exact) mass is 491 g/mol. The highest BCUT2D eigenvalue weighted by molar-refractivity contribution is 6.06. The quantitative estimate of drug-likeness (QED) is 0.353. The molecular formula is C28H27F2N3O3. The number of hydrogen-bond acceptors (Lipinski definition) is 3. The van der Waals surface area contributed by atoms with Crippen molar-refractivity contribution in [2.75, 3.05) is 13.2 Å². The summed E-state index contributed by atoms with van der Waals surface area (Å²) in [5, 5.41) is 18.9. The van der Waals surface area contributed by atoms with E-state index in [1.807, 2.05) is 0 Å². The van der Waals surface area contributed by atoms with E-state index in [1.54, 1.807) is 12.3 Å². The van der Waals surface area contributed by atoms with E-state index in [4.69, 9.17) is 4.74 Å². The van der Waals surface area contributed by atoms with Gasteiger partial charge in [0.05, 0.1) is 23.1 Å². The molecular weight excluding hydrogens is 464 g/mol. The zero-order chi connectivity index (χ0) is 25.0. The van der Waals surface area contributed by atoms with Crippen LogP contribution < -0.4 is 0 Å². The second-order valence-electron chi connectivity index (χ2n) is 9.85. The van der Waals surface area contributed by atoms with Crippen LogP contribution in [0.15, 0.2) is 36.5 Å². The van der Waals surface area contributed by atoms with Crippen LogP contribution in [0.5, 0.6) is 0 Å². The summed E-state index contributed by atoms with van der Waals surface area (Å²) >= 11 is 0. The number of benzene rings is 2. The molecule has 1 aliphatic heterocycles. The molecule has 1 aliphatic carbocycles. The number of rotatable bonds is 4. The molecule has 0 saturated carbocycles. The molecule has 6 nitrogen and oxygen atoms in total. The van der Waals surface area contributed by atoms with E-state index in [-0.39, 0.29) is 11.8 Å². The minimum atomic E-state index is -0.892. The molecule has 2 aliphatic rings.